The molecule has 2 N–H and O–H groups in total. The molecular weight excluding hydrogens is 208 g/mol. The van der Waals surface area contributed by atoms with Crippen LogP contribution in [0.1, 0.15) is 37.3 Å². The fourth-order valence-electron chi connectivity index (χ4n) is 2.92. The zero-order valence-electron chi connectivity index (χ0n) is 10.9. The Morgan fingerprint density at radius 2 is 2.06 bits per heavy atom. The van der Waals surface area contributed by atoms with Crippen LogP contribution in [0.4, 0.5) is 0 Å². The third-order valence-electron chi connectivity index (χ3n) is 3.98. The maximum Gasteiger partial charge on any atom is 0.0180 e. The van der Waals surface area contributed by atoms with E-state index in [4.69, 9.17) is 5.73 Å². The van der Waals surface area contributed by atoms with E-state index in [1.165, 1.54) is 43.5 Å². The summed E-state index contributed by atoms with van der Waals surface area (Å²) in [6.45, 7) is 5.43. The summed E-state index contributed by atoms with van der Waals surface area (Å²) < 4.78 is 0. The van der Waals surface area contributed by atoms with Crippen molar-refractivity contribution in [3.05, 3.63) is 35.4 Å². The molecule has 0 saturated carbocycles. The highest BCUT2D eigenvalue weighted by Gasteiger charge is 2.22. The third kappa shape index (κ3) is 3.08. The molecule has 1 atom stereocenters. The molecule has 1 aliphatic rings. The molecule has 1 aromatic carbocycles. The first-order valence-electron chi connectivity index (χ1n) is 6.86. The summed E-state index contributed by atoms with van der Waals surface area (Å²) in [4.78, 5) is 2.65. The highest BCUT2D eigenvalue weighted by Crippen LogP contribution is 2.20. The molecule has 0 bridgehead atoms. The van der Waals surface area contributed by atoms with Crippen molar-refractivity contribution in [1.29, 1.82) is 0 Å². The summed E-state index contributed by atoms with van der Waals surface area (Å²) in [7, 11) is 0. The zero-order valence-corrected chi connectivity index (χ0v) is 10.9. The van der Waals surface area contributed by atoms with Gasteiger partial charge in [0, 0.05) is 19.1 Å². The summed E-state index contributed by atoms with van der Waals surface area (Å²) in [6.07, 6.45) is 5.19. The standard InChI is InChI=1S/C15H24N2/c1-2-15-8-5-10-17(15)11-9-13-6-3-4-7-14(13)12-16/h3-4,6-7,15H,2,5,8-12,16H2,1H3. The highest BCUT2D eigenvalue weighted by molar-refractivity contribution is 5.27. The minimum Gasteiger partial charge on any atom is -0.326 e. The van der Waals surface area contributed by atoms with Crippen LogP contribution in [0.3, 0.4) is 0 Å². The van der Waals surface area contributed by atoms with Gasteiger partial charge in [0.15, 0.2) is 0 Å². The molecule has 1 unspecified atom stereocenters. The lowest BCUT2D eigenvalue weighted by Gasteiger charge is -2.23. The Labute approximate surface area is 105 Å². The van der Waals surface area contributed by atoms with Gasteiger partial charge in [0.05, 0.1) is 0 Å². The van der Waals surface area contributed by atoms with Crippen molar-refractivity contribution in [3.63, 3.8) is 0 Å². The molecule has 0 aliphatic carbocycles. The van der Waals surface area contributed by atoms with Crippen LogP contribution < -0.4 is 5.73 Å². The molecule has 0 amide bonds. The second-order valence-corrected chi connectivity index (χ2v) is 4.96. The first-order valence-corrected chi connectivity index (χ1v) is 6.86. The van der Waals surface area contributed by atoms with Crippen molar-refractivity contribution < 1.29 is 0 Å². The van der Waals surface area contributed by atoms with E-state index >= 15 is 0 Å². The molecule has 1 saturated heterocycles. The van der Waals surface area contributed by atoms with Crippen LogP contribution in [0.5, 0.6) is 0 Å². The zero-order chi connectivity index (χ0) is 12.1. The molecule has 2 nitrogen and oxygen atoms in total. The van der Waals surface area contributed by atoms with Gasteiger partial charge in [-0.3, -0.25) is 0 Å². The van der Waals surface area contributed by atoms with Crippen LogP contribution in [-0.4, -0.2) is 24.0 Å². The predicted molar refractivity (Wildman–Crippen MR) is 72.9 cm³/mol. The Kier molecular flexibility index (Phi) is 4.57. The maximum atomic E-state index is 5.77. The average Bonchev–Trinajstić information content (AvgIpc) is 2.84. The lowest BCUT2D eigenvalue weighted by atomic mass is 10.0. The Hall–Kier alpha value is -0.860. The highest BCUT2D eigenvalue weighted by atomic mass is 15.2. The van der Waals surface area contributed by atoms with E-state index < -0.39 is 0 Å². The largest absolute Gasteiger partial charge is 0.326 e. The number of nitrogens with two attached hydrogens (primary N) is 1. The van der Waals surface area contributed by atoms with Crippen LogP contribution in [0.25, 0.3) is 0 Å². The Balaban J connectivity index is 1.93. The molecule has 17 heavy (non-hydrogen) atoms. The second kappa shape index (κ2) is 6.18. The lowest BCUT2D eigenvalue weighted by molar-refractivity contribution is 0.251. The van der Waals surface area contributed by atoms with Gasteiger partial charge in [0.1, 0.15) is 0 Å². The van der Waals surface area contributed by atoms with Gasteiger partial charge in [0.2, 0.25) is 0 Å². The van der Waals surface area contributed by atoms with E-state index in [1.807, 2.05) is 0 Å². The number of nitrogens with zero attached hydrogens (tertiary/aromatic N) is 1. The molecule has 1 fully saturated rings. The van der Waals surface area contributed by atoms with Crippen molar-refractivity contribution in [2.45, 2.75) is 45.2 Å². The first-order chi connectivity index (χ1) is 8.35. The summed E-state index contributed by atoms with van der Waals surface area (Å²) in [6, 6.07) is 9.39. The van der Waals surface area contributed by atoms with Gasteiger partial charge in [-0.1, -0.05) is 31.2 Å². The summed E-state index contributed by atoms with van der Waals surface area (Å²) in [5.41, 5.74) is 8.51. The van der Waals surface area contributed by atoms with Crippen molar-refractivity contribution in [3.8, 4) is 0 Å². The van der Waals surface area contributed by atoms with E-state index in [9.17, 15) is 0 Å². The summed E-state index contributed by atoms with van der Waals surface area (Å²) in [5.74, 6) is 0. The average molecular weight is 232 g/mol. The number of likely N-dealkylation sites (tertiary alicyclic amines) is 1. The first kappa shape index (κ1) is 12.6. The number of hydrogen-bond acceptors (Lipinski definition) is 2. The van der Waals surface area contributed by atoms with Gasteiger partial charge < -0.3 is 10.6 Å². The van der Waals surface area contributed by atoms with E-state index in [1.54, 1.807) is 0 Å². The third-order valence-corrected chi connectivity index (χ3v) is 3.98. The molecule has 2 heteroatoms. The van der Waals surface area contributed by atoms with Crippen molar-refractivity contribution in [1.82, 2.24) is 4.90 Å². The van der Waals surface area contributed by atoms with Crippen LogP contribution in [0, 0.1) is 0 Å². The van der Waals surface area contributed by atoms with Crippen molar-refractivity contribution >= 4 is 0 Å². The molecule has 1 aromatic rings. The lowest BCUT2D eigenvalue weighted by Crippen LogP contribution is -2.31. The number of hydrogen-bond donors (Lipinski definition) is 1. The Morgan fingerprint density at radius 3 is 2.76 bits per heavy atom. The van der Waals surface area contributed by atoms with Gasteiger partial charge in [-0.05, 0) is 43.4 Å². The number of rotatable bonds is 5. The molecule has 0 aromatic heterocycles. The van der Waals surface area contributed by atoms with Crippen molar-refractivity contribution in [2.24, 2.45) is 5.73 Å². The molecular formula is C15H24N2. The summed E-state index contributed by atoms with van der Waals surface area (Å²) >= 11 is 0. The Morgan fingerprint density at radius 1 is 1.29 bits per heavy atom. The van der Waals surface area contributed by atoms with E-state index in [0.717, 1.165) is 12.5 Å². The molecule has 0 spiro atoms. The van der Waals surface area contributed by atoms with Gasteiger partial charge in [0.25, 0.3) is 0 Å². The SMILES string of the molecule is CCC1CCCN1CCc1ccccc1CN. The molecule has 94 valence electrons. The van der Waals surface area contributed by atoms with E-state index in [-0.39, 0.29) is 0 Å². The van der Waals surface area contributed by atoms with Gasteiger partial charge >= 0.3 is 0 Å². The molecule has 0 radical (unpaired) electrons. The van der Waals surface area contributed by atoms with Crippen LogP contribution >= 0.6 is 0 Å². The fourth-order valence-corrected chi connectivity index (χ4v) is 2.92. The van der Waals surface area contributed by atoms with Gasteiger partial charge in [-0.2, -0.15) is 0 Å². The molecule has 2 rings (SSSR count). The quantitative estimate of drug-likeness (QED) is 0.845. The van der Waals surface area contributed by atoms with Gasteiger partial charge in [-0.15, -0.1) is 0 Å². The topological polar surface area (TPSA) is 29.3 Å². The molecule has 1 heterocycles. The minimum atomic E-state index is 0.660. The van der Waals surface area contributed by atoms with Crippen LogP contribution in [0.15, 0.2) is 24.3 Å². The molecule has 1 aliphatic heterocycles. The smallest absolute Gasteiger partial charge is 0.0180 e. The van der Waals surface area contributed by atoms with Crippen molar-refractivity contribution in [2.75, 3.05) is 13.1 Å². The second-order valence-electron chi connectivity index (χ2n) is 4.96. The van der Waals surface area contributed by atoms with Crippen LogP contribution in [0.2, 0.25) is 0 Å². The predicted octanol–water partition coefficient (Wildman–Crippen LogP) is 2.56. The monoisotopic (exact) mass is 232 g/mol. The Bertz CT molecular complexity index is 349. The summed E-state index contributed by atoms with van der Waals surface area (Å²) in [5, 5.41) is 0. The van der Waals surface area contributed by atoms with Gasteiger partial charge in [-0.25, -0.2) is 0 Å². The number of benzene rings is 1. The normalized spacial score (nSPS) is 20.9. The van der Waals surface area contributed by atoms with Crippen LogP contribution in [-0.2, 0) is 13.0 Å². The fraction of sp³-hybridized carbons (Fsp3) is 0.600. The van der Waals surface area contributed by atoms with E-state index in [0.29, 0.717) is 6.54 Å². The van der Waals surface area contributed by atoms with E-state index in [2.05, 4.69) is 36.1 Å². The maximum absolute atomic E-state index is 5.77. The minimum absolute atomic E-state index is 0.660.